The van der Waals surface area contributed by atoms with Crippen molar-refractivity contribution in [3.05, 3.63) is 230 Å². The minimum atomic E-state index is -0.0600. The summed E-state index contributed by atoms with van der Waals surface area (Å²) in [6, 6.07) is 79.1. The van der Waals surface area contributed by atoms with Gasteiger partial charge in [0.15, 0.2) is 0 Å². The SMILES string of the molecule is c1ccc(-c2nc(-c3ccccc3)c(-c3ccc(C4Nc5ccccc5N4c4ccccc4)cc3)cc2-c2ccc(-c3nc4ccccc4n3-c3ccccc3)cc2)cc1. The van der Waals surface area contributed by atoms with Gasteiger partial charge < -0.3 is 10.2 Å². The molecule has 1 aliphatic heterocycles. The molecule has 5 heteroatoms. The van der Waals surface area contributed by atoms with Crippen LogP contribution in [0, 0.1) is 0 Å². The van der Waals surface area contributed by atoms with E-state index >= 15 is 0 Å². The second kappa shape index (κ2) is 15.1. The molecule has 2 aromatic heterocycles. The maximum absolute atomic E-state index is 5.57. The minimum absolute atomic E-state index is 0.0600. The third-order valence-electron chi connectivity index (χ3n) is 11.4. The van der Waals surface area contributed by atoms with Crippen LogP contribution in [0.2, 0.25) is 0 Å². The zero-order valence-corrected chi connectivity index (χ0v) is 32.7. The van der Waals surface area contributed by atoms with Gasteiger partial charge in [0.25, 0.3) is 0 Å². The van der Waals surface area contributed by atoms with Gasteiger partial charge in [-0.1, -0.05) is 170 Å². The van der Waals surface area contributed by atoms with E-state index in [0.29, 0.717) is 0 Å². The first-order chi connectivity index (χ1) is 29.8. The van der Waals surface area contributed by atoms with E-state index in [-0.39, 0.29) is 6.17 Å². The molecule has 1 atom stereocenters. The van der Waals surface area contributed by atoms with Crippen LogP contribution >= 0.6 is 0 Å². The highest BCUT2D eigenvalue weighted by molar-refractivity contribution is 5.92. The Balaban J connectivity index is 1.04. The molecule has 10 aromatic rings. The van der Waals surface area contributed by atoms with Crippen LogP contribution in [-0.4, -0.2) is 14.5 Å². The molecule has 11 rings (SSSR count). The largest absolute Gasteiger partial charge is 0.359 e. The summed E-state index contributed by atoms with van der Waals surface area (Å²) < 4.78 is 2.25. The fraction of sp³-hybridized carbons (Fsp3) is 0.0182. The lowest BCUT2D eigenvalue weighted by Crippen LogP contribution is -2.23. The first-order valence-corrected chi connectivity index (χ1v) is 20.4. The lowest BCUT2D eigenvalue weighted by molar-refractivity contribution is 0.828. The molecule has 1 aliphatic rings. The minimum Gasteiger partial charge on any atom is -0.359 e. The molecule has 1 N–H and O–H groups in total. The van der Waals surface area contributed by atoms with Crippen molar-refractivity contribution >= 4 is 28.1 Å². The van der Waals surface area contributed by atoms with Gasteiger partial charge in [-0.25, -0.2) is 9.97 Å². The van der Waals surface area contributed by atoms with Crippen molar-refractivity contribution in [3.63, 3.8) is 0 Å². The summed E-state index contributed by atoms with van der Waals surface area (Å²) in [6.45, 7) is 0. The second-order valence-corrected chi connectivity index (χ2v) is 15.1. The van der Waals surface area contributed by atoms with Gasteiger partial charge in [-0.2, -0.15) is 0 Å². The lowest BCUT2D eigenvalue weighted by atomic mass is 9.91. The number of hydrogen-bond donors (Lipinski definition) is 1. The summed E-state index contributed by atoms with van der Waals surface area (Å²) >= 11 is 0. The van der Waals surface area contributed by atoms with E-state index in [1.165, 1.54) is 5.56 Å². The van der Waals surface area contributed by atoms with Crippen LogP contribution in [0.25, 0.3) is 72.9 Å². The van der Waals surface area contributed by atoms with Crippen molar-refractivity contribution in [2.24, 2.45) is 0 Å². The highest BCUT2D eigenvalue weighted by Gasteiger charge is 2.31. The van der Waals surface area contributed by atoms with Crippen LogP contribution in [0.1, 0.15) is 11.7 Å². The molecule has 0 saturated heterocycles. The average Bonchev–Trinajstić information content (AvgIpc) is 3.92. The molecule has 0 amide bonds. The fourth-order valence-electron chi connectivity index (χ4n) is 8.55. The van der Waals surface area contributed by atoms with Gasteiger partial charge in [-0.15, -0.1) is 0 Å². The van der Waals surface area contributed by atoms with Gasteiger partial charge in [0.1, 0.15) is 12.0 Å². The highest BCUT2D eigenvalue weighted by Crippen LogP contribution is 2.47. The molecular weight excluding hydrogens is 731 g/mol. The Morgan fingerprint density at radius 3 is 1.53 bits per heavy atom. The molecule has 0 aliphatic carbocycles. The summed E-state index contributed by atoms with van der Waals surface area (Å²) in [6.07, 6.45) is -0.0600. The first kappa shape index (κ1) is 35.2. The number of nitrogens with zero attached hydrogens (tertiary/aromatic N) is 4. The number of rotatable bonds is 8. The fourth-order valence-corrected chi connectivity index (χ4v) is 8.55. The van der Waals surface area contributed by atoms with Crippen molar-refractivity contribution in [1.82, 2.24) is 14.5 Å². The van der Waals surface area contributed by atoms with Crippen LogP contribution in [0.5, 0.6) is 0 Å². The van der Waals surface area contributed by atoms with Gasteiger partial charge in [0, 0.05) is 39.2 Å². The van der Waals surface area contributed by atoms with Gasteiger partial charge in [0.2, 0.25) is 0 Å². The molecule has 5 nitrogen and oxygen atoms in total. The quantitative estimate of drug-likeness (QED) is 0.167. The Morgan fingerprint density at radius 2 is 0.900 bits per heavy atom. The number of anilines is 3. The topological polar surface area (TPSA) is 46.0 Å². The van der Waals surface area contributed by atoms with Crippen LogP contribution in [-0.2, 0) is 0 Å². The average molecular weight is 770 g/mol. The molecule has 60 heavy (non-hydrogen) atoms. The molecule has 284 valence electrons. The second-order valence-electron chi connectivity index (χ2n) is 15.1. The lowest BCUT2D eigenvalue weighted by Gasteiger charge is -2.27. The number of imidazole rings is 1. The summed E-state index contributed by atoms with van der Waals surface area (Å²) in [7, 11) is 0. The maximum Gasteiger partial charge on any atom is 0.145 e. The summed E-state index contributed by atoms with van der Waals surface area (Å²) in [5, 5.41) is 3.80. The Morgan fingerprint density at radius 1 is 0.400 bits per heavy atom. The molecule has 0 saturated carbocycles. The van der Waals surface area contributed by atoms with Gasteiger partial charge >= 0.3 is 0 Å². The van der Waals surface area contributed by atoms with Gasteiger partial charge in [-0.3, -0.25) is 4.57 Å². The number of hydrogen-bond acceptors (Lipinski definition) is 4. The third-order valence-corrected chi connectivity index (χ3v) is 11.4. The van der Waals surface area contributed by atoms with E-state index in [2.05, 4.69) is 227 Å². The van der Waals surface area contributed by atoms with Crippen LogP contribution in [0.15, 0.2) is 224 Å². The molecule has 1 unspecified atom stereocenters. The van der Waals surface area contributed by atoms with Crippen LogP contribution < -0.4 is 10.2 Å². The zero-order valence-electron chi connectivity index (χ0n) is 32.7. The number of pyridine rings is 1. The van der Waals surface area contributed by atoms with E-state index in [0.717, 1.165) is 89.9 Å². The summed E-state index contributed by atoms with van der Waals surface area (Å²) in [4.78, 5) is 13.1. The van der Waals surface area contributed by atoms with E-state index in [1.807, 2.05) is 12.1 Å². The molecule has 0 spiro atoms. The molecule has 3 heterocycles. The van der Waals surface area contributed by atoms with Gasteiger partial charge in [0.05, 0.1) is 33.8 Å². The Bertz CT molecular complexity index is 3090. The monoisotopic (exact) mass is 769 g/mol. The standard InChI is InChI=1S/C55H39N5/c1-5-17-40(18-6-1)52-46(38-29-33-42(34-30-38)54-56-48-25-13-15-27-50(48)59(54)44-21-9-3-10-22-44)37-47(53(58-52)41-19-7-2-8-20-41)39-31-35-43(36-32-39)55-57-49-26-14-16-28-51(49)60(55)45-23-11-4-12-24-45/h1-37,54,56H. The number of para-hydroxylation sites is 6. The molecular formula is C55H39N5. The number of fused-ring (bicyclic) bond motifs is 2. The number of aromatic nitrogens is 3. The molecule has 8 aromatic carbocycles. The zero-order chi connectivity index (χ0) is 39.8. The van der Waals surface area contributed by atoms with Crippen molar-refractivity contribution in [1.29, 1.82) is 0 Å². The van der Waals surface area contributed by atoms with Crippen molar-refractivity contribution < 1.29 is 0 Å². The Labute approximate surface area is 349 Å². The van der Waals surface area contributed by atoms with Gasteiger partial charge in [-0.05, 0) is 71.3 Å². The normalized spacial score (nSPS) is 13.3. The van der Waals surface area contributed by atoms with Crippen LogP contribution in [0.3, 0.4) is 0 Å². The Kier molecular flexibility index (Phi) is 8.82. The van der Waals surface area contributed by atoms with E-state index < -0.39 is 0 Å². The summed E-state index contributed by atoms with van der Waals surface area (Å²) in [5.41, 5.74) is 17.1. The summed E-state index contributed by atoms with van der Waals surface area (Å²) in [5.74, 6) is 0.904. The predicted octanol–water partition coefficient (Wildman–Crippen LogP) is 14.0. The molecule has 0 fully saturated rings. The third kappa shape index (κ3) is 6.30. The van der Waals surface area contributed by atoms with E-state index in [9.17, 15) is 0 Å². The number of nitrogens with one attached hydrogen (secondary N) is 1. The van der Waals surface area contributed by atoms with E-state index in [1.54, 1.807) is 0 Å². The smallest absolute Gasteiger partial charge is 0.145 e. The van der Waals surface area contributed by atoms with Crippen molar-refractivity contribution in [2.45, 2.75) is 6.17 Å². The first-order valence-electron chi connectivity index (χ1n) is 20.4. The maximum atomic E-state index is 5.57. The predicted molar refractivity (Wildman–Crippen MR) is 247 cm³/mol. The molecule has 0 radical (unpaired) electrons. The molecule has 0 bridgehead atoms. The van der Waals surface area contributed by atoms with Crippen LogP contribution in [0.4, 0.5) is 17.1 Å². The van der Waals surface area contributed by atoms with Crippen molar-refractivity contribution in [2.75, 3.05) is 10.2 Å². The van der Waals surface area contributed by atoms with E-state index in [4.69, 9.17) is 9.97 Å². The van der Waals surface area contributed by atoms with Crippen molar-refractivity contribution in [3.8, 4) is 61.8 Å². The Hall–Kier alpha value is -8.02. The number of benzene rings is 8. The highest BCUT2D eigenvalue weighted by atomic mass is 15.3.